The summed E-state index contributed by atoms with van der Waals surface area (Å²) in [7, 11) is 0. The van der Waals surface area contributed by atoms with Crippen molar-refractivity contribution >= 4 is 6.21 Å². The first-order chi connectivity index (χ1) is 4.84. The third kappa shape index (κ3) is 5.25. The zero-order valence-corrected chi connectivity index (χ0v) is 17.8. The molecule has 5 heteroatoms. The van der Waals surface area contributed by atoms with Gasteiger partial charge in [-0.05, 0) is 6.21 Å². The Morgan fingerprint density at radius 2 is 2.15 bits per heavy atom. The van der Waals surface area contributed by atoms with Crippen LogP contribution in [-0.2, 0) is 39.9 Å². The topological polar surface area (TPSA) is 35.4 Å². The molecule has 0 heterocycles. The minimum Gasteiger partial charge on any atom is -0.792 e. The van der Waals surface area contributed by atoms with E-state index >= 15 is 0 Å². The van der Waals surface area contributed by atoms with Gasteiger partial charge in [0.05, 0.1) is 0 Å². The molecule has 1 rings (SSSR count). The molecule has 2 nitrogen and oxygen atoms in total. The molecule has 0 aliphatic heterocycles. The van der Waals surface area contributed by atoms with E-state index in [1.807, 2.05) is 6.92 Å². The van der Waals surface area contributed by atoms with Crippen molar-refractivity contribution in [2.24, 2.45) is 5.16 Å². The second-order valence-corrected chi connectivity index (χ2v) is 1.93. The fourth-order valence-corrected chi connectivity index (χ4v) is 0.669. The van der Waals surface area contributed by atoms with Crippen LogP contribution in [-0.4, -0.2) is 6.21 Å². The van der Waals surface area contributed by atoms with Gasteiger partial charge < -0.3 is 28.6 Å². The van der Waals surface area contributed by atoms with Gasteiger partial charge in [-0.25, -0.2) is 5.56 Å². The van der Waals surface area contributed by atoms with Crippen LogP contribution in [0.15, 0.2) is 17.3 Å². The Kier molecular flexibility index (Phi) is 12.5. The van der Waals surface area contributed by atoms with E-state index in [9.17, 15) is 5.21 Å². The minimum atomic E-state index is 0. The first kappa shape index (κ1) is 17.9. The molecular formula is C8H6NOReRfRh-3. The monoisotopic (exact) mass is 689 g/mol. The summed E-state index contributed by atoms with van der Waals surface area (Å²) >= 11 is 0. The maximum absolute atomic E-state index is 9.79. The molecule has 0 amide bonds. The molecule has 0 fully saturated rings. The van der Waals surface area contributed by atoms with Gasteiger partial charge in [0.1, 0.15) is 0 Å². The smallest absolute Gasteiger partial charge is 0 e. The van der Waals surface area contributed by atoms with E-state index in [2.05, 4.69) is 17.3 Å². The second kappa shape index (κ2) is 9.07. The van der Waals surface area contributed by atoms with Crippen LogP contribution in [0, 0.1) is 24.3 Å². The molecule has 1 aromatic carbocycles. The van der Waals surface area contributed by atoms with Crippen molar-refractivity contribution in [3.63, 3.8) is 0 Å². The number of nitrogens with zero attached hydrogens (tertiary/aromatic N) is 1. The van der Waals surface area contributed by atoms with E-state index in [0.717, 1.165) is 11.1 Å². The summed E-state index contributed by atoms with van der Waals surface area (Å²) in [6, 6.07) is 9.09. The van der Waals surface area contributed by atoms with E-state index in [1.54, 1.807) is 12.1 Å². The molecule has 13 heavy (non-hydrogen) atoms. The van der Waals surface area contributed by atoms with Gasteiger partial charge in [0.25, 0.3) is 0 Å². The van der Waals surface area contributed by atoms with E-state index in [-0.39, 0.29) is 39.9 Å². The minimum absolute atomic E-state index is 0. The Bertz CT molecular complexity index is 258. The predicted octanol–water partition coefficient (Wildman–Crippen LogP) is 1.51. The molecular weight excluding hydrogens is 682 g/mol. The molecule has 0 bridgehead atoms. The SMILES string of the molecule is Cc1c[c-]c[c-]c1/C=N\[O-].[Re].[Rf].[Rh]. The summed E-state index contributed by atoms with van der Waals surface area (Å²) in [4.78, 5) is 0. The maximum atomic E-state index is 9.79. The number of hydrogen-bond donors (Lipinski definition) is 0. The number of benzene rings is 1. The summed E-state index contributed by atoms with van der Waals surface area (Å²) in [6.07, 6.45) is 1.24. The van der Waals surface area contributed by atoms with Crippen molar-refractivity contribution < 1.29 is 39.9 Å². The maximum Gasteiger partial charge on any atom is 0 e. The molecule has 0 aliphatic carbocycles. The van der Waals surface area contributed by atoms with Gasteiger partial charge in [0.2, 0.25) is 0 Å². The van der Waals surface area contributed by atoms with Crippen molar-refractivity contribution in [3.8, 4) is 0 Å². The Morgan fingerprint density at radius 1 is 1.54 bits per heavy atom. The largest absolute Gasteiger partial charge is 0.792 e. The Morgan fingerprint density at radius 3 is 2.62 bits per heavy atom. The van der Waals surface area contributed by atoms with Crippen LogP contribution in [0.2, 0.25) is 0 Å². The van der Waals surface area contributed by atoms with Crippen LogP contribution in [0.25, 0.3) is 0 Å². The van der Waals surface area contributed by atoms with Gasteiger partial charge in [-0.3, -0.25) is 11.6 Å². The van der Waals surface area contributed by atoms with Crippen molar-refractivity contribution in [1.82, 2.24) is 0 Å². The van der Waals surface area contributed by atoms with Gasteiger partial charge in [-0.2, -0.15) is 0 Å². The van der Waals surface area contributed by atoms with Crippen LogP contribution in [0.3, 0.4) is 0 Å². The van der Waals surface area contributed by atoms with E-state index in [0.29, 0.717) is 0 Å². The van der Waals surface area contributed by atoms with Crippen LogP contribution >= 0.6 is 0 Å². The van der Waals surface area contributed by atoms with Crippen molar-refractivity contribution in [3.05, 3.63) is 40.6 Å². The number of aryl methyl sites for hydroxylation is 1. The molecule has 0 aliphatic rings. The summed E-state index contributed by atoms with van der Waals surface area (Å²) in [5, 5.41) is 12.4. The van der Waals surface area contributed by atoms with E-state index < -0.39 is 0 Å². The quantitative estimate of drug-likeness (QED) is 0.191. The second-order valence-electron chi connectivity index (χ2n) is 1.93. The third-order valence-electron chi connectivity index (χ3n) is 1.22. The Hall–Kier alpha value is -1.02. The van der Waals surface area contributed by atoms with Crippen LogP contribution < -0.4 is 0 Å². The number of rotatable bonds is 1. The van der Waals surface area contributed by atoms with E-state index in [1.165, 1.54) is 6.21 Å². The molecule has 70 valence electrons. The molecule has 0 atom stereocenters. The number of hydrogen-bond acceptors (Lipinski definition) is 2. The molecule has 0 saturated heterocycles. The summed E-state index contributed by atoms with van der Waals surface area (Å²) in [5.74, 6) is 0. The average Bonchev–Trinajstić information content (AvgIpc) is 1.94. The summed E-state index contributed by atoms with van der Waals surface area (Å²) in [5.41, 5.74) is 1.69. The Balaban J connectivity index is -0.000000333. The van der Waals surface area contributed by atoms with Crippen LogP contribution in [0.4, 0.5) is 0 Å². The predicted molar refractivity (Wildman–Crippen MR) is 39.8 cm³/mol. The van der Waals surface area contributed by atoms with Crippen LogP contribution in [0.1, 0.15) is 11.1 Å². The van der Waals surface area contributed by atoms with Gasteiger partial charge in [-0.15, -0.1) is 6.92 Å². The molecule has 0 spiro atoms. The van der Waals surface area contributed by atoms with Gasteiger partial charge in [-0.1, -0.05) is 0 Å². The zero-order valence-electron chi connectivity index (χ0n) is 7.01. The fraction of sp³-hybridized carbons (Fsp3) is 0.125. The van der Waals surface area contributed by atoms with Crippen molar-refractivity contribution in [2.45, 2.75) is 6.92 Å². The standard InChI is InChI=1S/C8H7NO.Re.Rf.Rh/c1-7-4-2-3-5-8(7)6-9-10;;;/h3-4,6,10H,1H3;;;/q-2;;;/p-1/b9-6-;;;. The van der Waals surface area contributed by atoms with E-state index in [4.69, 9.17) is 0 Å². The molecule has 0 aromatic heterocycles. The summed E-state index contributed by atoms with van der Waals surface area (Å²) in [6.45, 7) is 1.88. The van der Waals surface area contributed by atoms with Crippen LogP contribution in [0.5, 0.6) is 0 Å². The van der Waals surface area contributed by atoms with Crippen molar-refractivity contribution in [2.75, 3.05) is 0 Å². The van der Waals surface area contributed by atoms with Gasteiger partial charge >= 0.3 is 0 Å². The molecule has 0 saturated carbocycles. The van der Waals surface area contributed by atoms with Gasteiger partial charge in [0.15, 0.2) is 0 Å². The summed E-state index contributed by atoms with van der Waals surface area (Å²) < 4.78 is 0. The van der Waals surface area contributed by atoms with Crippen molar-refractivity contribution in [1.29, 1.82) is 0 Å². The molecule has 2 radical (unpaired) electrons. The zero-order chi connectivity index (χ0) is 7.40. The first-order valence-electron chi connectivity index (χ1n) is 2.88. The molecule has 0 unspecified atom stereocenters. The normalized spacial score (nSPS) is 8.08. The Labute approximate surface area is 98.5 Å². The fourth-order valence-electron chi connectivity index (χ4n) is 0.669. The molecule has 1 aromatic rings. The van der Waals surface area contributed by atoms with Gasteiger partial charge in [0, 0.05) is 39.9 Å². The third-order valence-corrected chi connectivity index (χ3v) is 1.22. The molecule has 0 N–H and O–H groups in total. The first-order valence-corrected chi connectivity index (χ1v) is 2.88. The average molecular weight is 688 g/mol.